The van der Waals surface area contributed by atoms with E-state index in [-0.39, 0.29) is 20.2 Å². The Morgan fingerprint density at radius 1 is 0.757 bits per heavy atom. The molecule has 4 rings (SSSR count). The van der Waals surface area contributed by atoms with Crippen LogP contribution in [0.4, 0.5) is 0 Å². The monoisotopic (exact) mass is 506 g/mol. The maximum Gasteiger partial charge on any atom is 0.339 e. The molecule has 1 aliphatic heterocycles. The van der Waals surface area contributed by atoms with Crippen molar-refractivity contribution in [1.29, 1.82) is 0 Å². The Labute approximate surface area is 216 Å². The maximum absolute atomic E-state index is 13.5. The van der Waals surface area contributed by atoms with Crippen LogP contribution in [0.5, 0.6) is 0 Å². The third-order valence-electron chi connectivity index (χ3n) is 6.11. The molecule has 8 nitrogen and oxygen atoms in total. The third-order valence-corrected chi connectivity index (χ3v) is 6.11. The number of cyclic esters (lactones) is 1. The van der Waals surface area contributed by atoms with Crippen molar-refractivity contribution in [2.45, 2.75) is 23.9 Å². The Hall–Kier alpha value is -3.40. The minimum Gasteiger partial charge on any atom is -0.449 e. The molecular weight excluding hydrogens is 476 g/mol. The van der Waals surface area contributed by atoms with Gasteiger partial charge in [-0.3, -0.25) is 4.79 Å². The number of carbonyl (C=O) groups is 2. The molecule has 0 amide bonds. The van der Waals surface area contributed by atoms with Crippen LogP contribution in [-0.4, -0.2) is 64.5 Å². The van der Waals surface area contributed by atoms with Gasteiger partial charge in [0.15, 0.2) is 12.2 Å². The van der Waals surface area contributed by atoms with Crippen molar-refractivity contribution in [3.63, 3.8) is 0 Å². The number of Topliss-reactive ketones (excluding diaryl/α,β-unsaturated/α-hetero) is 1. The Morgan fingerprint density at radius 2 is 1.22 bits per heavy atom. The second-order valence-electron chi connectivity index (χ2n) is 8.42. The van der Waals surface area contributed by atoms with Crippen molar-refractivity contribution >= 4 is 11.8 Å². The molecule has 1 aliphatic rings. The van der Waals surface area contributed by atoms with Gasteiger partial charge in [-0.1, -0.05) is 91.0 Å². The fourth-order valence-electron chi connectivity index (χ4n) is 4.46. The van der Waals surface area contributed by atoms with Crippen molar-refractivity contribution < 1.29 is 38.0 Å². The lowest BCUT2D eigenvalue weighted by Gasteiger charge is -2.36. The van der Waals surface area contributed by atoms with Crippen LogP contribution in [0.3, 0.4) is 0 Å². The molecule has 3 atom stereocenters. The van der Waals surface area contributed by atoms with Crippen LogP contribution in [0.2, 0.25) is 0 Å². The number of hydrogen-bond donors (Lipinski definition) is 0. The lowest BCUT2D eigenvalue weighted by atomic mass is 9.80. The first kappa shape index (κ1) is 26.7. The number of hydrogen-bond acceptors (Lipinski definition) is 8. The number of esters is 1. The van der Waals surface area contributed by atoms with Gasteiger partial charge in [0.2, 0.25) is 5.78 Å². The molecule has 3 aromatic carbocycles. The van der Waals surface area contributed by atoms with Gasteiger partial charge in [0, 0.05) is 14.2 Å². The van der Waals surface area contributed by atoms with Gasteiger partial charge in [0.25, 0.3) is 0 Å². The lowest BCUT2D eigenvalue weighted by Crippen LogP contribution is -2.43. The molecule has 0 spiro atoms. The van der Waals surface area contributed by atoms with Gasteiger partial charge in [-0.05, 0) is 16.7 Å². The van der Waals surface area contributed by atoms with Crippen LogP contribution in [-0.2, 0) is 43.6 Å². The minimum atomic E-state index is -1.23. The average molecular weight is 507 g/mol. The molecule has 0 aliphatic carbocycles. The molecule has 0 N–H and O–H groups in total. The zero-order valence-electron chi connectivity index (χ0n) is 20.8. The first-order chi connectivity index (χ1) is 18.1. The van der Waals surface area contributed by atoms with Gasteiger partial charge in [0.05, 0.1) is 0 Å². The molecule has 0 unspecified atom stereocenters. The van der Waals surface area contributed by atoms with Gasteiger partial charge in [-0.15, -0.1) is 0 Å². The minimum absolute atomic E-state index is 0.152. The van der Waals surface area contributed by atoms with Gasteiger partial charge in [-0.25, -0.2) is 4.79 Å². The largest absolute Gasteiger partial charge is 0.449 e. The van der Waals surface area contributed by atoms with E-state index in [1.165, 1.54) is 14.2 Å². The highest BCUT2D eigenvalue weighted by Gasteiger charge is 2.51. The smallest absolute Gasteiger partial charge is 0.339 e. The summed E-state index contributed by atoms with van der Waals surface area (Å²) < 4.78 is 32.9. The maximum atomic E-state index is 13.5. The summed E-state index contributed by atoms with van der Waals surface area (Å²) in [6, 6.07) is 29.0. The van der Waals surface area contributed by atoms with E-state index in [0.717, 1.165) is 16.7 Å². The van der Waals surface area contributed by atoms with E-state index in [2.05, 4.69) is 0 Å². The zero-order chi connectivity index (χ0) is 26.1. The third kappa shape index (κ3) is 5.79. The molecule has 0 saturated carbocycles. The Balaban J connectivity index is 1.68. The molecule has 0 radical (unpaired) electrons. The van der Waals surface area contributed by atoms with E-state index in [1.807, 2.05) is 91.0 Å². The molecule has 8 heteroatoms. The molecule has 0 bridgehead atoms. The number of methoxy groups -OCH3 is 2. The number of rotatable bonds is 13. The predicted octanol–water partition coefficient (Wildman–Crippen LogP) is 3.47. The number of benzene rings is 3. The standard InChI is InChI=1S/C29H30O8/c1-32-19-34-26-25(37-28(31)27(26)35-20-33-2)24(30)18-36-29(21-12-6-3-7-13-21,22-14-8-4-9-15-22)23-16-10-5-11-17-23/h3-17,25-27H,18-20H2,1-2H3/t25-,26-,27+/m0/s1. The average Bonchev–Trinajstić information content (AvgIpc) is 3.27. The molecule has 1 saturated heterocycles. The molecule has 1 fully saturated rings. The van der Waals surface area contributed by atoms with E-state index in [4.69, 9.17) is 28.4 Å². The first-order valence-corrected chi connectivity index (χ1v) is 11.9. The molecule has 3 aromatic rings. The topological polar surface area (TPSA) is 89.5 Å². The van der Waals surface area contributed by atoms with E-state index < -0.39 is 35.7 Å². The van der Waals surface area contributed by atoms with E-state index in [0.29, 0.717) is 0 Å². The number of ketones is 1. The summed E-state index contributed by atoms with van der Waals surface area (Å²) in [5.41, 5.74) is 1.43. The quantitative estimate of drug-likeness (QED) is 0.198. The normalized spacial score (nSPS) is 19.5. The van der Waals surface area contributed by atoms with E-state index in [1.54, 1.807) is 0 Å². The van der Waals surface area contributed by atoms with E-state index >= 15 is 0 Å². The fourth-order valence-corrected chi connectivity index (χ4v) is 4.46. The van der Waals surface area contributed by atoms with Crippen LogP contribution in [0, 0.1) is 0 Å². The predicted molar refractivity (Wildman–Crippen MR) is 134 cm³/mol. The summed E-state index contributed by atoms with van der Waals surface area (Å²) in [5.74, 6) is -1.18. The van der Waals surface area contributed by atoms with Gasteiger partial charge in [-0.2, -0.15) is 0 Å². The Kier molecular flexibility index (Phi) is 9.16. The highest BCUT2D eigenvalue weighted by molar-refractivity contribution is 5.92. The summed E-state index contributed by atoms with van der Waals surface area (Å²) in [7, 11) is 2.87. The van der Waals surface area contributed by atoms with Gasteiger partial charge in [0.1, 0.15) is 31.9 Å². The highest BCUT2D eigenvalue weighted by atomic mass is 16.7. The second-order valence-corrected chi connectivity index (χ2v) is 8.42. The van der Waals surface area contributed by atoms with Crippen molar-refractivity contribution in [2.75, 3.05) is 34.4 Å². The Morgan fingerprint density at radius 3 is 1.68 bits per heavy atom. The van der Waals surface area contributed by atoms with Crippen molar-refractivity contribution in [1.82, 2.24) is 0 Å². The zero-order valence-corrected chi connectivity index (χ0v) is 20.8. The molecule has 194 valence electrons. The van der Waals surface area contributed by atoms with Crippen LogP contribution < -0.4 is 0 Å². The highest BCUT2D eigenvalue weighted by Crippen LogP contribution is 2.40. The summed E-state index contributed by atoms with van der Waals surface area (Å²) in [6.45, 7) is -0.676. The van der Waals surface area contributed by atoms with Gasteiger partial charge >= 0.3 is 5.97 Å². The lowest BCUT2D eigenvalue weighted by molar-refractivity contribution is -0.163. The van der Waals surface area contributed by atoms with Crippen molar-refractivity contribution in [3.05, 3.63) is 108 Å². The SMILES string of the molecule is COCO[C@H]1[C@H](C(=O)COC(c2ccccc2)(c2ccccc2)c2ccccc2)OC(=O)[C@@H]1OCOC. The summed E-state index contributed by atoms with van der Waals surface area (Å²) in [6.07, 6.45) is -3.38. The summed E-state index contributed by atoms with van der Waals surface area (Å²) in [5, 5.41) is 0. The van der Waals surface area contributed by atoms with Crippen LogP contribution in [0.15, 0.2) is 91.0 Å². The molecule has 1 heterocycles. The Bertz CT molecular complexity index is 1040. The molecule has 0 aromatic heterocycles. The van der Waals surface area contributed by atoms with Crippen LogP contribution >= 0.6 is 0 Å². The number of ether oxygens (including phenoxy) is 6. The summed E-state index contributed by atoms with van der Waals surface area (Å²) in [4.78, 5) is 26.0. The fraction of sp³-hybridized carbons (Fsp3) is 0.310. The second kappa shape index (κ2) is 12.7. The molecule has 37 heavy (non-hydrogen) atoms. The van der Waals surface area contributed by atoms with Crippen molar-refractivity contribution in [3.8, 4) is 0 Å². The van der Waals surface area contributed by atoms with Crippen LogP contribution in [0.1, 0.15) is 16.7 Å². The van der Waals surface area contributed by atoms with E-state index in [9.17, 15) is 9.59 Å². The van der Waals surface area contributed by atoms with Gasteiger partial charge < -0.3 is 28.4 Å². The number of carbonyl (C=O) groups excluding carboxylic acids is 2. The first-order valence-electron chi connectivity index (χ1n) is 11.9. The van der Waals surface area contributed by atoms with Crippen LogP contribution in [0.25, 0.3) is 0 Å². The van der Waals surface area contributed by atoms with Crippen molar-refractivity contribution in [2.24, 2.45) is 0 Å². The summed E-state index contributed by atoms with van der Waals surface area (Å²) >= 11 is 0. The molecular formula is C29H30O8.